The summed E-state index contributed by atoms with van der Waals surface area (Å²) in [6.07, 6.45) is 4.51. The Labute approximate surface area is 185 Å². The molecule has 2 aliphatic rings. The minimum Gasteiger partial charge on any atom is -0.444 e. The van der Waals surface area contributed by atoms with E-state index >= 15 is 0 Å². The van der Waals surface area contributed by atoms with E-state index in [2.05, 4.69) is 22.6 Å². The summed E-state index contributed by atoms with van der Waals surface area (Å²) < 4.78 is 7.96. The average Bonchev–Trinajstić information content (AvgIpc) is 3.27. The molecule has 6 nitrogen and oxygen atoms in total. The fourth-order valence-corrected chi connectivity index (χ4v) is 4.58. The number of benzene rings is 1. The van der Waals surface area contributed by atoms with Crippen molar-refractivity contribution in [2.24, 2.45) is 5.41 Å². The Kier molecular flexibility index (Phi) is 5.07. The SMILES string of the molecule is CC1[C@H](c2nc(-c3ccc(I)cc3)cn2O)CC2(CC2)CN1C(=O)OC(C)(C)C. The van der Waals surface area contributed by atoms with Crippen LogP contribution in [0.5, 0.6) is 0 Å². The molecule has 2 atom stereocenters. The normalized spacial score (nSPS) is 23.3. The number of nitrogens with zero attached hydrogens (tertiary/aromatic N) is 3. The Morgan fingerprint density at radius 2 is 1.93 bits per heavy atom. The molecule has 7 heteroatoms. The van der Waals surface area contributed by atoms with Crippen LogP contribution in [0.2, 0.25) is 0 Å². The average molecular weight is 509 g/mol. The van der Waals surface area contributed by atoms with Crippen molar-refractivity contribution in [3.8, 4) is 11.3 Å². The molecule has 2 fully saturated rings. The number of piperidine rings is 1. The summed E-state index contributed by atoms with van der Waals surface area (Å²) in [7, 11) is 0. The Hall–Kier alpha value is -1.77. The lowest BCUT2D eigenvalue weighted by Crippen LogP contribution is -2.51. The highest BCUT2D eigenvalue weighted by Gasteiger charge is 2.53. The van der Waals surface area contributed by atoms with Gasteiger partial charge in [-0.05, 0) is 87.1 Å². The van der Waals surface area contributed by atoms with Gasteiger partial charge in [-0.15, -0.1) is 0 Å². The van der Waals surface area contributed by atoms with Crippen molar-refractivity contribution in [3.63, 3.8) is 0 Å². The fourth-order valence-electron chi connectivity index (χ4n) is 4.22. The molecule has 1 spiro atoms. The van der Waals surface area contributed by atoms with Crippen LogP contribution in [0.3, 0.4) is 0 Å². The molecule has 1 aromatic carbocycles. The van der Waals surface area contributed by atoms with Crippen molar-refractivity contribution in [2.45, 2.75) is 64.5 Å². The van der Waals surface area contributed by atoms with Crippen molar-refractivity contribution in [2.75, 3.05) is 6.54 Å². The van der Waals surface area contributed by atoms with E-state index in [4.69, 9.17) is 9.72 Å². The highest BCUT2D eigenvalue weighted by atomic mass is 127. The van der Waals surface area contributed by atoms with Crippen molar-refractivity contribution in [3.05, 3.63) is 39.9 Å². The first-order chi connectivity index (χ1) is 13.6. The van der Waals surface area contributed by atoms with Crippen LogP contribution < -0.4 is 0 Å². The molecule has 1 aliphatic carbocycles. The van der Waals surface area contributed by atoms with E-state index in [9.17, 15) is 10.0 Å². The molecule has 2 heterocycles. The minimum atomic E-state index is -0.534. The van der Waals surface area contributed by atoms with Gasteiger partial charge in [0.1, 0.15) is 11.4 Å². The lowest BCUT2D eigenvalue weighted by atomic mass is 9.81. The second-order valence-corrected chi connectivity index (χ2v) is 10.7. The van der Waals surface area contributed by atoms with Crippen LogP contribution in [0.15, 0.2) is 30.5 Å². The number of rotatable bonds is 2. The number of halogens is 1. The first-order valence-electron chi connectivity index (χ1n) is 10.1. The molecular weight excluding hydrogens is 481 g/mol. The van der Waals surface area contributed by atoms with Crippen LogP contribution in [-0.4, -0.2) is 44.1 Å². The van der Waals surface area contributed by atoms with Crippen LogP contribution in [0, 0.1) is 8.99 Å². The largest absolute Gasteiger partial charge is 0.444 e. The van der Waals surface area contributed by atoms with Crippen molar-refractivity contribution >= 4 is 28.7 Å². The number of hydrogen-bond donors (Lipinski definition) is 1. The monoisotopic (exact) mass is 509 g/mol. The van der Waals surface area contributed by atoms with Crippen LogP contribution in [0.1, 0.15) is 58.7 Å². The van der Waals surface area contributed by atoms with Gasteiger partial charge >= 0.3 is 6.09 Å². The zero-order valence-corrected chi connectivity index (χ0v) is 19.5. The number of aromatic nitrogens is 2. The molecule has 0 bridgehead atoms. The topological polar surface area (TPSA) is 67.6 Å². The van der Waals surface area contributed by atoms with Gasteiger partial charge in [-0.25, -0.2) is 9.78 Å². The summed E-state index contributed by atoms with van der Waals surface area (Å²) >= 11 is 2.27. The zero-order chi connectivity index (χ0) is 21.0. The molecule has 2 aromatic rings. The van der Waals surface area contributed by atoms with E-state index < -0.39 is 5.60 Å². The molecule has 1 unspecified atom stereocenters. The maximum atomic E-state index is 12.9. The van der Waals surface area contributed by atoms with Gasteiger partial charge in [0.05, 0.1) is 11.9 Å². The lowest BCUT2D eigenvalue weighted by Gasteiger charge is -2.43. The van der Waals surface area contributed by atoms with Gasteiger partial charge in [0, 0.05) is 27.6 Å². The quantitative estimate of drug-likeness (QED) is 0.442. The Morgan fingerprint density at radius 3 is 2.52 bits per heavy atom. The van der Waals surface area contributed by atoms with Crippen molar-refractivity contribution < 1.29 is 14.7 Å². The highest BCUT2D eigenvalue weighted by molar-refractivity contribution is 14.1. The minimum absolute atomic E-state index is 0.0404. The third kappa shape index (κ3) is 4.25. The number of ether oxygens (including phenoxy) is 1. The summed E-state index contributed by atoms with van der Waals surface area (Å²) in [6, 6.07) is 7.97. The molecule has 0 radical (unpaired) electrons. The number of carbonyl (C=O) groups excluding carboxylic acids is 1. The second kappa shape index (κ2) is 7.18. The smallest absolute Gasteiger partial charge is 0.410 e. The molecule has 1 aliphatic heterocycles. The first-order valence-corrected chi connectivity index (χ1v) is 11.2. The second-order valence-electron chi connectivity index (χ2n) is 9.50. The standard InChI is InChI=1S/C22H28IN3O3/c1-14-17(11-22(9-10-22)13-25(14)20(27)29-21(2,3)4)19-24-18(12-26(19)28)15-5-7-16(23)8-6-15/h5-8,12,14,17,28H,9-11,13H2,1-4H3/t14?,17-/m1/s1. The summed E-state index contributed by atoms with van der Waals surface area (Å²) in [4.78, 5) is 19.5. The van der Waals surface area contributed by atoms with E-state index in [1.165, 1.54) is 0 Å². The third-order valence-electron chi connectivity index (χ3n) is 6.00. The molecule has 1 amide bonds. The highest BCUT2D eigenvalue weighted by Crippen LogP contribution is 2.56. The van der Waals surface area contributed by atoms with Crippen molar-refractivity contribution in [1.82, 2.24) is 14.6 Å². The lowest BCUT2D eigenvalue weighted by molar-refractivity contribution is -0.00398. The first kappa shape index (κ1) is 20.5. The number of carbonyl (C=O) groups is 1. The number of imidazole rings is 1. The molecule has 156 valence electrons. The van der Waals surface area contributed by atoms with Gasteiger partial charge in [-0.2, -0.15) is 4.73 Å². The summed E-state index contributed by atoms with van der Waals surface area (Å²) in [6.45, 7) is 8.41. The van der Waals surface area contributed by atoms with Gasteiger partial charge < -0.3 is 14.8 Å². The number of hydrogen-bond acceptors (Lipinski definition) is 4. The molecule has 1 N–H and O–H groups in total. The van der Waals surface area contributed by atoms with Gasteiger partial charge in [-0.1, -0.05) is 12.1 Å². The predicted molar refractivity (Wildman–Crippen MR) is 119 cm³/mol. The van der Waals surface area contributed by atoms with Gasteiger partial charge in [0.15, 0.2) is 0 Å². The third-order valence-corrected chi connectivity index (χ3v) is 6.72. The number of amides is 1. The molecule has 29 heavy (non-hydrogen) atoms. The van der Waals surface area contributed by atoms with Gasteiger partial charge in [0.2, 0.25) is 0 Å². The van der Waals surface area contributed by atoms with E-state index in [1.54, 1.807) is 6.20 Å². The van der Waals surface area contributed by atoms with E-state index in [-0.39, 0.29) is 23.5 Å². The van der Waals surface area contributed by atoms with Gasteiger partial charge in [0.25, 0.3) is 0 Å². The summed E-state index contributed by atoms with van der Waals surface area (Å²) in [5, 5.41) is 10.6. The molecule has 1 aromatic heterocycles. The van der Waals surface area contributed by atoms with Crippen LogP contribution in [0.25, 0.3) is 11.3 Å². The Morgan fingerprint density at radius 1 is 1.28 bits per heavy atom. The molecule has 4 rings (SSSR count). The summed E-state index contributed by atoms with van der Waals surface area (Å²) in [5.41, 5.74) is 1.30. The Bertz CT molecular complexity index is 912. The van der Waals surface area contributed by atoms with E-state index in [1.807, 2.05) is 56.9 Å². The van der Waals surface area contributed by atoms with Crippen LogP contribution >= 0.6 is 22.6 Å². The zero-order valence-electron chi connectivity index (χ0n) is 17.4. The summed E-state index contributed by atoms with van der Waals surface area (Å²) in [5.74, 6) is 0.576. The molecular formula is C22H28IN3O3. The van der Waals surface area contributed by atoms with Gasteiger partial charge in [-0.3, -0.25) is 0 Å². The van der Waals surface area contributed by atoms with Crippen LogP contribution in [-0.2, 0) is 4.74 Å². The predicted octanol–water partition coefficient (Wildman–Crippen LogP) is 5.29. The van der Waals surface area contributed by atoms with E-state index in [0.29, 0.717) is 5.82 Å². The van der Waals surface area contributed by atoms with Crippen LogP contribution in [0.4, 0.5) is 4.79 Å². The number of likely N-dealkylation sites (tertiary alicyclic amines) is 1. The Balaban J connectivity index is 1.63. The molecule has 1 saturated heterocycles. The van der Waals surface area contributed by atoms with E-state index in [0.717, 1.165) is 45.4 Å². The maximum absolute atomic E-state index is 12.9. The maximum Gasteiger partial charge on any atom is 0.410 e. The van der Waals surface area contributed by atoms with Crippen molar-refractivity contribution in [1.29, 1.82) is 0 Å². The molecule has 1 saturated carbocycles. The fraction of sp³-hybridized carbons (Fsp3) is 0.545.